The lowest BCUT2D eigenvalue weighted by atomic mass is 10.1. The number of benzene rings is 2. The van der Waals surface area contributed by atoms with E-state index in [9.17, 15) is 0 Å². The molecule has 0 aliphatic rings. The second kappa shape index (κ2) is 5.25. The molecule has 0 saturated carbocycles. The highest BCUT2D eigenvalue weighted by Gasteiger charge is 2.10. The number of hydrogen-bond acceptors (Lipinski definition) is 3. The van der Waals surface area contributed by atoms with Gasteiger partial charge >= 0.3 is 0 Å². The predicted molar refractivity (Wildman–Crippen MR) is 94.7 cm³/mol. The number of hydrogen-bond donors (Lipinski definition) is 1. The van der Waals surface area contributed by atoms with Crippen molar-refractivity contribution in [2.75, 3.05) is 5.73 Å². The lowest BCUT2D eigenvalue weighted by Gasteiger charge is -2.08. The predicted octanol–water partition coefficient (Wildman–Crippen LogP) is 4.18. The van der Waals surface area contributed by atoms with E-state index >= 15 is 0 Å². The molecule has 114 valence electrons. The van der Waals surface area contributed by atoms with E-state index < -0.39 is 0 Å². The van der Waals surface area contributed by atoms with E-state index in [1.165, 1.54) is 5.56 Å². The van der Waals surface area contributed by atoms with Crippen molar-refractivity contribution in [2.24, 2.45) is 0 Å². The number of aryl methyl sites for hydroxylation is 1. The molecule has 23 heavy (non-hydrogen) atoms. The van der Waals surface area contributed by atoms with Crippen molar-refractivity contribution in [3.8, 4) is 0 Å². The average molecular weight is 323 g/mol. The first kappa shape index (κ1) is 14.0. The summed E-state index contributed by atoms with van der Waals surface area (Å²) in [4.78, 5) is 8.77. The second-order valence-electron chi connectivity index (χ2n) is 5.62. The third-order valence-electron chi connectivity index (χ3n) is 4.02. The quantitative estimate of drug-likeness (QED) is 0.602. The molecule has 0 saturated heterocycles. The van der Waals surface area contributed by atoms with Crippen LogP contribution < -0.4 is 5.73 Å². The minimum atomic E-state index is 0.530. The summed E-state index contributed by atoms with van der Waals surface area (Å²) in [5.41, 5.74) is 9.32. The monoisotopic (exact) mass is 322 g/mol. The molecule has 2 N–H and O–H groups in total. The molecule has 2 aromatic heterocycles. The highest BCUT2D eigenvalue weighted by atomic mass is 35.5. The number of nitrogen functional groups attached to an aromatic ring is 1. The maximum atomic E-state index is 6.13. The molecular formula is C18H15ClN4. The Balaban J connectivity index is 1.86. The lowest BCUT2D eigenvalue weighted by Crippen LogP contribution is -1.99. The smallest absolute Gasteiger partial charge is 0.135 e. The third kappa shape index (κ3) is 2.41. The summed E-state index contributed by atoms with van der Waals surface area (Å²) in [5, 5.41) is 2.74. The summed E-state index contributed by atoms with van der Waals surface area (Å²) in [7, 11) is 0. The van der Waals surface area contributed by atoms with Gasteiger partial charge in [0.1, 0.15) is 11.6 Å². The van der Waals surface area contributed by atoms with Crippen LogP contribution in [0.4, 0.5) is 5.82 Å². The molecule has 0 aliphatic heterocycles. The van der Waals surface area contributed by atoms with Gasteiger partial charge in [-0.15, -0.1) is 0 Å². The molecular weight excluding hydrogens is 308 g/mol. The van der Waals surface area contributed by atoms with Crippen molar-refractivity contribution in [1.82, 2.24) is 14.5 Å². The highest BCUT2D eigenvalue weighted by Crippen LogP contribution is 2.29. The van der Waals surface area contributed by atoms with Crippen LogP contribution >= 0.6 is 11.6 Å². The summed E-state index contributed by atoms with van der Waals surface area (Å²) in [5.74, 6) is 1.22. The first-order chi connectivity index (χ1) is 11.1. The number of anilines is 1. The van der Waals surface area contributed by atoms with Crippen molar-refractivity contribution in [3.63, 3.8) is 0 Å². The van der Waals surface area contributed by atoms with Gasteiger partial charge in [-0.05, 0) is 42.8 Å². The van der Waals surface area contributed by atoms with Gasteiger partial charge in [0.15, 0.2) is 0 Å². The van der Waals surface area contributed by atoms with Crippen LogP contribution in [-0.4, -0.2) is 14.5 Å². The minimum absolute atomic E-state index is 0.530. The molecule has 2 heterocycles. The highest BCUT2D eigenvalue weighted by molar-refractivity contribution is 6.30. The van der Waals surface area contributed by atoms with Gasteiger partial charge < -0.3 is 10.3 Å². The number of aromatic nitrogens is 3. The van der Waals surface area contributed by atoms with Gasteiger partial charge in [-0.2, -0.15) is 0 Å². The molecule has 5 heteroatoms. The molecule has 4 aromatic rings. The Labute approximate surface area is 138 Å². The van der Waals surface area contributed by atoms with Crippen LogP contribution in [-0.2, 0) is 6.54 Å². The summed E-state index contributed by atoms with van der Waals surface area (Å²) < 4.78 is 2.19. The summed E-state index contributed by atoms with van der Waals surface area (Å²) in [6.07, 6.45) is 2.07. The number of fused-ring (bicyclic) bond motifs is 3. The zero-order chi connectivity index (χ0) is 16.0. The minimum Gasteiger partial charge on any atom is -0.383 e. The van der Waals surface area contributed by atoms with Crippen molar-refractivity contribution < 1.29 is 0 Å². The van der Waals surface area contributed by atoms with E-state index in [2.05, 4.69) is 32.9 Å². The molecule has 0 aliphatic carbocycles. The van der Waals surface area contributed by atoms with Crippen molar-refractivity contribution >= 4 is 39.2 Å². The Morgan fingerprint density at radius 2 is 1.83 bits per heavy atom. The lowest BCUT2D eigenvalue weighted by molar-refractivity contribution is 0.837. The van der Waals surface area contributed by atoms with Gasteiger partial charge in [-0.3, -0.25) is 0 Å². The fourth-order valence-corrected chi connectivity index (χ4v) is 3.10. The van der Waals surface area contributed by atoms with Gasteiger partial charge in [-0.1, -0.05) is 23.7 Å². The zero-order valence-electron chi connectivity index (χ0n) is 12.6. The van der Waals surface area contributed by atoms with E-state index in [0.29, 0.717) is 11.6 Å². The van der Waals surface area contributed by atoms with E-state index in [-0.39, 0.29) is 0 Å². The van der Waals surface area contributed by atoms with Gasteiger partial charge in [-0.25, -0.2) is 9.97 Å². The Morgan fingerprint density at radius 3 is 2.61 bits per heavy atom. The van der Waals surface area contributed by atoms with Crippen molar-refractivity contribution in [1.29, 1.82) is 0 Å². The van der Waals surface area contributed by atoms with E-state index in [0.717, 1.165) is 33.4 Å². The molecule has 0 amide bonds. The number of nitrogens with two attached hydrogens (primary N) is 1. The largest absolute Gasteiger partial charge is 0.383 e. The van der Waals surface area contributed by atoms with Gasteiger partial charge in [0.05, 0.1) is 10.9 Å². The molecule has 2 aromatic carbocycles. The normalized spacial score (nSPS) is 11.4. The van der Waals surface area contributed by atoms with Crippen LogP contribution in [0.1, 0.15) is 11.4 Å². The molecule has 0 radical (unpaired) electrons. The van der Waals surface area contributed by atoms with Crippen molar-refractivity contribution in [2.45, 2.75) is 13.5 Å². The Morgan fingerprint density at radius 1 is 1.04 bits per heavy atom. The van der Waals surface area contributed by atoms with Crippen molar-refractivity contribution in [3.05, 3.63) is 65.1 Å². The molecule has 0 bridgehead atoms. The van der Waals surface area contributed by atoms with Crippen LogP contribution in [0.25, 0.3) is 21.8 Å². The number of nitrogens with zero attached hydrogens (tertiary/aromatic N) is 3. The number of rotatable bonds is 2. The molecule has 4 nitrogen and oxygen atoms in total. The van der Waals surface area contributed by atoms with Crippen LogP contribution in [0, 0.1) is 6.92 Å². The van der Waals surface area contributed by atoms with Crippen LogP contribution in [0.15, 0.2) is 48.7 Å². The second-order valence-corrected chi connectivity index (χ2v) is 6.06. The molecule has 0 atom stereocenters. The first-order valence-electron chi connectivity index (χ1n) is 7.38. The molecule has 4 rings (SSSR count). The summed E-state index contributed by atoms with van der Waals surface area (Å²) >= 11 is 5.95. The summed E-state index contributed by atoms with van der Waals surface area (Å²) in [6, 6.07) is 14.1. The maximum absolute atomic E-state index is 6.13. The fourth-order valence-electron chi connectivity index (χ4n) is 2.98. The molecule has 0 fully saturated rings. The van der Waals surface area contributed by atoms with Crippen LogP contribution in [0.3, 0.4) is 0 Å². The average Bonchev–Trinajstić information content (AvgIpc) is 2.92. The van der Waals surface area contributed by atoms with Gasteiger partial charge in [0, 0.05) is 28.7 Å². The first-order valence-corrected chi connectivity index (χ1v) is 7.76. The molecule has 0 spiro atoms. The maximum Gasteiger partial charge on any atom is 0.135 e. The Hall–Kier alpha value is -2.59. The Bertz CT molecular complexity index is 1020. The Kier molecular flexibility index (Phi) is 3.20. The van der Waals surface area contributed by atoms with E-state index in [1.54, 1.807) is 0 Å². The standard InChI is InChI=1S/C18H15ClN4/c1-11-21-15-6-7-16-14(17(15)18(20)22-11)8-9-23(16)10-12-2-4-13(19)5-3-12/h2-9H,10H2,1H3,(H2,20,21,22). The van der Waals surface area contributed by atoms with E-state index in [1.807, 2.05) is 37.3 Å². The van der Waals surface area contributed by atoms with E-state index in [4.69, 9.17) is 17.3 Å². The third-order valence-corrected chi connectivity index (χ3v) is 4.27. The van der Waals surface area contributed by atoms with Crippen LogP contribution in [0.5, 0.6) is 0 Å². The fraction of sp³-hybridized carbons (Fsp3) is 0.111. The number of halogens is 1. The summed E-state index contributed by atoms with van der Waals surface area (Å²) in [6.45, 7) is 2.63. The van der Waals surface area contributed by atoms with Gasteiger partial charge in [0.2, 0.25) is 0 Å². The SMILES string of the molecule is Cc1nc(N)c2c(ccc3c2ccn3Cc2ccc(Cl)cc2)n1. The van der Waals surface area contributed by atoms with Gasteiger partial charge in [0.25, 0.3) is 0 Å². The zero-order valence-corrected chi connectivity index (χ0v) is 13.4. The van der Waals surface area contributed by atoms with Crippen LogP contribution in [0.2, 0.25) is 5.02 Å². The topological polar surface area (TPSA) is 56.7 Å². The molecule has 0 unspecified atom stereocenters.